The molecule has 2 aliphatic carbocycles. The van der Waals surface area contributed by atoms with Crippen LogP contribution in [-0.2, 0) is 19.7 Å². The fourth-order valence-corrected chi connectivity index (χ4v) is 10.3. The third kappa shape index (κ3) is 2.39. The minimum Gasteiger partial charge on any atom is -0.411 e. The van der Waals surface area contributed by atoms with Gasteiger partial charge in [0.1, 0.15) is 0 Å². The maximum Gasteiger partial charge on any atom is 0.199 e. The van der Waals surface area contributed by atoms with Gasteiger partial charge in [-0.3, -0.25) is 0 Å². The van der Waals surface area contributed by atoms with E-state index in [4.69, 9.17) is 0 Å². The van der Waals surface area contributed by atoms with Gasteiger partial charge in [0, 0.05) is 5.92 Å². The van der Waals surface area contributed by atoms with Gasteiger partial charge in [-0.1, -0.05) is 41.6 Å². The zero-order valence-corrected chi connectivity index (χ0v) is 16.0. The Kier molecular flexibility index (Phi) is 4.16. The van der Waals surface area contributed by atoms with E-state index in [2.05, 4.69) is 5.16 Å². The van der Waals surface area contributed by atoms with Crippen LogP contribution >= 0.6 is 0 Å². The summed E-state index contributed by atoms with van der Waals surface area (Å²) >= 11 is 0. The molecule has 1 N–H and O–H groups in total. The number of sulfone groups is 2. The second-order valence-electron chi connectivity index (χ2n) is 7.10. The molecule has 0 amide bonds. The van der Waals surface area contributed by atoms with Crippen molar-refractivity contribution in [2.45, 2.75) is 33.1 Å². The fraction of sp³-hybridized carbons (Fsp3) is 0.316. The van der Waals surface area contributed by atoms with Gasteiger partial charge < -0.3 is 5.21 Å². The van der Waals surface area contributed by atoms with E-state index >= 15 is 0 Å². The smallest absolute Gasteiger partial charge is 0.199 e. The van der Waals surface area contributed by atoms with E-state index in [0.717, 1.165) is 0 Å². The van der Waals surface area contributed by atoms with Crippen LogP contribution in [-0.4, -0.2) is 31.8 Å². The summed E-state index contributed by atoms with van der Waals surface area (Å²) in [6, 6.07) is 15.3. The van der Waals surface area contributed by atoms with Gasteiger partial charge in [-0.15, -0.1) is 0 Å². The summed E-state index contributed by atoms with van der Waals surface area (Å²) in [5, 5.41) is 12.7. The molecule has 6 nitrogen and oxygen atoms in total. The lowest BCUT2D eigenvalue weighted by Crippen LogP contribution is -2.53. The predicted octanol–water partition coefficient (Wildman–Crippen LogP) is 2.89. The standard InChI is InChI=1S/C19H19NO5S2/c21-20-18-12-14-11-17(18)19(13-14,26(22,23)15-7-3-1-4-8-15)27(24,25)16-9-5-2-6-10-16/h1-10,14,17,21H,11-13H2/b20-18+/t14-,17+/m0/s1. The van der Waals surface area contributed by atoms with E-state index in [0.29, 0.717) is 12.8 Å². The predicted molar refractivity (Wildman–Crippen MR) is 100 cm³/mol. The Morgan fingerprint density at radius 3 is 1.74 bits per heavy atom. The van der Waals surface area contributed by atoms with Gasteiger partial charge in [-0.2, -0.15) is 0 Å². The Labute approximate surface area is 158 Å². The van der Waals surface area contributed by atoms with Crippen LogP contribution in [0.1, 0.15) is 19.3 Å². The Morgan fingerprint density at radius 2 is 1.33 bits per heavy atom. The lowest BCUT2D eigenvalue weighted by Gasteiger charge is -2.36. The minimum atomic E-state index is -4.26. The fourth-order valence-electron chi connectivity index (χ4n) is 4.57. The number of oxime groups is 1. The summed E-state index contributed by atoms with van der Waals surface area (Å²) in [5.41, 5.74) is 0.255. The first kappa shape index (κ1) is 18.2. The van der Waals surface area contributed by atoms with Crippen molar-refractivity contribution in [3.8, 4) is 0 Å². The van der Waals surface area contributed by atoms with Gasteiger partial charge >= 0.3 is 0 Å². The van der Waals surface area contributed by atoms with E-state index in [1.54, 1.807) is 36.4 Å². The molecule has 8 heteroatoms. The third-order valence-electron chi connectivity index (χ3n) is 5.72. The lowest BCUT2D eigenvalue weighted by molar-refractivity contribution is 0.312. The van der Waals surface area contributed by atoms with Crippen molar-refractivity contribution in [1.82, 2.24) is 0 Å². The van der Waals surface area contributed by atoms with Gasteiger partial charge in [0.25, 0.3) is 0 Å². The van der Waals surface area contributed by atoms with Gasteiger partial charge in [0.2, 0.25) is 0 Å². The molecule has 142 valence electrons. The molecule has 2 aromatic carbocycles. The minimum absolute atomic E-state index is 0.00510. The van der Waals surface area contributed by atoms with Crippen LogP contribution < -0.4 is 0 Å². The average molecular weight is 405 g/mol. The van der Waals surface area contributed by atoms with Crippen LogP contribution in [0.25, 0.3) is 0 Å². The Bertz CT molecular complexity index is 1020. The summed E-state index contributed by atoms with van der Waals surface area (Å²) in [4.78, 5) is -0.0660. The van der Waals surface area contributed by atoms with Gasteiger partial charge in [-0.25, -0.2) is 16.8 Å². The summed E-state index contributed by atoms with van der Waals surface area (Å²) in [6.45, 7) is 0. The van der Waals surface area contributed by atoms with Crippen LogP contribution in [0.4, 0.5) is 0 Å². The summed E-state index contributed by atoms with van der Waals surface area (Å²) in [5.74, 6) is -0.999. The monoisotopic (exact) mass is 405 g/mol. The van der Waals surface area contributed by atoms with Crippen LogP contribution in [0.2, 0.25) is 0 Å². The normalized spacial score (nSPS) is 25.7. The van der Waals surface area contributed by atoms with E-state index in [-0.39, 0.29) is 27.8 Å². The highest BCUT2D eigenvalue weighted by molar-refractivity contribution is 8.10. The molecule has 2 aliphatic rings. The molecule has 0 aliphatic heterocycles. The zero-order valence-electron chi connectivity index (χ0n) is 14.4. The third-order valence-corrected chi connectivity index (χ3v) is 11.5. The van der Waals surface area contributed by atoms with Crippen LogP contribution in [0.5, 0.6) is 0 Å². The highest BCUT2D eigenvalue weighted by Gasteiger charge is 2.69. The van der Waals surface area contributed by atoms with E-state index in [9.17, 15) is 22.0 Å². The van der Waals surface area contributed by atoms with Gasteiger partial charge in [0.05, 0.1) is 15.5 Å². The van der Waals surface area contributed by atoms with Crippen molar-refractivity contribution < 1.29 is 22.0 Å². The number of rotatable bonds is 4. The van der Waals surface area contributed by atoms with Crippen LogP contribution in [0, 0.1) is 11.8 Å². The molecule has 0 spiro atoms. The first-order valence-corrected chi connectivity index (χ1v) is 11.6. The highest BCUT2D eigenvalue weighted by atomic mass is 32.3. The average Bonchev–Trinajstić information content (AvgIpc) is 3.28. The molecule has 2 fully saturated rings. The molecule has 0 unspecified atom stereocenters. The summed E-state index contributed by atoms with van der Waals surface area (Å²) < 4.78 is 52.8. The molecule has 0 aromatic heterocycles. The summed E-state index contributed by atoms with van der Waals surface area (Å²) in [7, 11) is -8.52. The molecule has 2 aromatic rings. The molecular weight excluding hydrogens is 386 g/mol. The first-order valence-electron chi connectivity index (χ1n) is 8.65. The number of fused-ring (bicyclic) bond motifs is 2. The molecule has 27 heavy (non-hydrogen) atoms. The summed E-state index contributed by atoms with van der Waals surface area (Å²) in [6.07, 6.45) is 0.820. The highest BCUT2D eigenvalue weighted by Crippen LogP contribution is 2.58. The maximum absolute atomic E-state index is 13.7. The molecule has 0 radical (unpaired) electrons. The van der Waals surface area contributed by atoms with Crippen molar-refractivity contribution in [2.75, 3.05) is 0 Å². The molecule has 2 saturated carbocycles. The molecule has 2 atom stereocenters. The van der Waals surface area contributed by atoms with Crippen molar-refractivity contribution in [3.05, 3.63) is 60.7 Å². The largest absolute Gasteiger partial charge is 0.411 e. The second kappa shape index (κ2) is 6.17. The number of benzene rings is 2. The van der Waals surface area contributed by atoms with E-state index < -0.39 is 29.7 Å². The Morgan fingerprint density at radius 1 is 0.852 bits per heavy atom. The molecule has 2 bridgehead atoms. The Balaban J connectivity index is 2.02. The van der Waals surface area contributed by atoms with Gasteiger partial charge in [0.15, 0.2) is 23.8 Å². The Hall–Kier alpha value is -2.19. The second-order valence-corrected chi connectivity index (χ2v) is 11.8. The maximum atomic E-state index is 13.7. The number of nitrogens with zero attached hydrogens (tertiary/aromatic N) is 1. The zero-order chi connectivity index (χ0) is 19.3. The van der Waals surface area contributed by atoms with E-state index in [1.807, 2.05) is 0 Å². The molecular formula is C19H19NO5S2. The van der Waals surface area contributed by atoms with Crippen molar-refractivity contribution >= 4 is 25.4 Å². The van der Waals surface area contributed by atoms with Crippen molar-refractivity contribution in [1.29, 1.82) is 0 Å². The van der Waals surface area contributed by atoms with Crippen molar-refractivity contribution in [3.63, 3.8) is 0 Å². The molecule has 0 saturated heterocycles. The number of hydrogen-bond acceptors (Lipinski definition) is 6. The van der Waals surface area contributed by atoms with Crippen LogP contribution in [0.3, 0.4) is 0 Å². The SMILES string of the molecule is O=S(=O)(c1ccccc1)C1(S(=O)(=O)c2ccccc2)C[C@@H]2C/C(=N\O)[C@H]1C2. The first-order chi connectivity index (χ1) is 12.8. The van der Waals surface area contributed by atoms with Gasteiger partial charge in [-0.05, 0) is 49.4 Å². The lowest BCUT2D eigenvalue weighted by atomic mass is 9.97. The number of hydrogen-bond donors (Lipinski definition) is 1. The van der Waals surface area contributed by atoms with Crippen LogP contribution in [0.15, 0.2) is 75.6 Å². The molecule has 4 rings (SSSR count). The van der Waals surface area contributed by atoms with Crippen molar-refractivity contribution in [2.24, 2.45) is 17.0 Å². The van der Waals surface area contributed by atoms with E-state index in [1.165, 1.54) is 24.3 Å². The topological polar surface area (TPSA) is 101 Å². The quantitative estimate of drug-likeness (QED) is 0.623. The molecule has 0 heterocycles.